The first-order chi connectivity index (χ1) is 15.4. The molecular weight excluding hydrogens is 415 g/mol. The van der Waals surface area contributed by atoms with E-state index in [1.807, 2.05) is 24.3 Å². The lowest BCUT2D eigenvalue weighted by Crippen LogP contribution is -2.04. The van der Waals surface area contributed by atoms with Crippen molar-refractivity contribution >= 4 is 11.0 Å². The van der Waals surface area contributed by atoms with Crippen LogP contribution in [0.5, 0.6) is 0 Å². The molecule has 0 radical (unpaired) electrons. The summed E-state index contributed by atoms with van der Waals surface area (Å²) in [6.07, 6.45) is 2.47. The lowest BCUT2D eigenvalue weighted by molar-refractivity contribution is -0.141. The number of hydrogen-bond acceptors (Lipinski definition) is 3. The largest absolute Gasteiger partial charge is 0.573 e. The smallest absolute Gasteiger partial charge is 0.431 e. The second-order valence-corrected chi connectivity index (χ2v) is 8.07. The molecule has 0 saturated carbocycles. The lowest BCUT2D eigenvalue weighted by atomic mass is 9.89. The summed E-state index contributed by atoms with van der Waals surface area (Å²) < 4.78 is 45.1. The highest BCUT2D eigenvalue weighted by Crippen LogP contribution is 2.37. The molecule has 4 nitrogen and oxygen atoms in total. The van der Waals surface area contributed by atoms with Crippen LogP contribution >= 0.6 is 0 Å². The minimum atomic E-state index is -4.54. The molecule has 0 bridgehead atoms. The van der Waals surface area contributed by atoms with Gasteiger partial charge in [-0.05, 0) is 36.6 Å². The van der Waals surface area contributed by atoms with E-state index in [4.69, 9.17) is 4.42 Å². The van der Waals surface area contributed by atoms with Crippen LogP contribution in [0.3, 0.4) is 0 Å². The van der Waals surface area contributed by atoms with Gasteiger partial charge in [-0.3, -0.25) is 4.98 Å². The molecular formula is C25H25F3N3O-. The third-order valence-corrected chi connectivity index (χ3v) is 5.85. The minimum absolute atomic E-state index is 0.0891. The molecule has 1 atom stereocenters. The Bertz CT molecular complexity index is 1190. The number of para-hydroxylation sites is 1. The highest BCUT2D eigenvalue weighted by atomic mass is 19.4. The Labute approximate surface area is 184 Å². The van der Waals surface area contributed by atoms with Crippen LogP contribution in [0, 0.1) is 5.92 Å². The fourth-order valence-corrected chi connectivity index (χ4v) is 4.04. The monoisotopic (exact) mass is 440 g/mol. The summed E-state index contributed by atoms with van der Waals surface area (Å²) in [6.45, 7) is 4.40. The zero-order valence-corrected chi connectivity index (χ0v) is 18.1. The Balaban J connectivity index is 1.75. The molecule has 0 aliphatic carbocycles. The van der Waals surface area contributed by atoms with Gasteiger partial charge in [0.15, 0.2) is 0 Å². The molecule has 1 aromatic carbocycles. The van der Waals surface area contributed by atoms with E-state index in [1.165, 1.54) is 6.42 Å². The van der Waals surface area contributed by atoms with Crippen molar-refractivity contribution in [3.8, 4) is 22.7 Å². The first-order valence-electron chi connectivity index (χ1n) is 11.0. The van der Waals surface area contributed by atoms with Crippen LogP contribution in [0.15, 0.2) is 53.1 Å². The molecule has 1 unspecified atom stereocenters. The van der Waals surface area contributed by atoms with Crippen molar-refractivity contribution in [2.75, 3.05) is 0 Å². The Kier molecular flexibility index (Phi) is 6.35. The number of furan rings is 1. The van der Waals surface area contributed by atoms with E-state index < -0.39 is 11.9 Å². The van der Waals surface area contributed by atoms with Crippen molar-refractivity contribution in [2.45, 2.75) is 52.1 Å². The van der Waals surface area contributed by atoms with Crippen LogP contribution < -0.4 is 5.10 Å². The number of benzene rings is 1. The van der Waals surface area contributed by atoms with Crippen molar-refractivity contribution in [3.05, 3.63) is 59.9 Å². The predicted molar refractivity (Wildman–Crippen MR) is 118 cm³/mol. The van der Waals surface area contributed by atoms with Crippen LogP contribution in [-0.4, -0.2) is 10.1 Å². The van der Waals surface area contributed by atoms with E-state index in [9.17, 15) is 13.2 Å². The van der Waals surface area contributed by atoms with Crippen LogP contribution in [0.4, 0.5) is 13.2 Å². The van der Waals surface area contributed by atoms with Crippen LogP contribution in [0.25, 0.3) is 33.7 Å². The molecule has 0 spiro atoms. The molecule has 0 aliphatic heterocycles. The molecule has 3 aromatic heterocycles. The maximum absolute atomic E-state index is 12.9. The zero-order valence-electron chi connectivity index (χ0n) is 18.1. The predicted octanol–water partition coefficient (Wildman–Crippen LogP) is 7.29. The second kappa shape index (κ2) is 9.18. The first-order valence-corrected chi connectivity index (χ1v) is 11.0. The number of nitrogens with zero attached hydrogens (tertiary/aromatic N) is 3. The van der Waals surface area contributed by atoms with Gasteiger partial charge in [0.05, 0.1) is 5.69 Å². The normalized spacial score (nSPS) is 13.0. The second-order valence-electron chi connectivity index (χ2n) is 8.07. The standard InChI is InChI=1S/C25H25F3N3O/c1-3-5-8-16(4-2)13-19-18-9-6-7-10-22(18)32-24(19)17-11-12-29-20(14-17)21-15-23(31-30-21)25(26,27)28/h6-7,9-12,14-16H,3-5,8,13H2,1-2H3/q-1. The fourth-order valence-electron chi connectivity index (χ4n) is 4.04. The molecule has 7 heteroatoms. The molecule has 0 aliphatic rings. The van der Waals surface area contributed by atoms with Gasteiger partial charge in [-0.2, -0.15) is 13.2 Å². The summed E-state index contributed by atoms with van der Waals surface area (Å²) in [7, 11) is 0. The van der Waals surface area contributed by atoms with Crippen molar-refractivity contribution in [1.82, 2.24) is 15.2 Å². The maximum atomic E-state index is 12.9. The number of pyridine rings is 1. The van der Waals surface area contributed by atoms with Gasteiger partial charge < -0.3 is 14.6 Å². The molecule has 4 aromatic rings. The third-order valence-electron chi connectivity index (χ3n) is 5.85. The summed E-state index contributed by atoms with van der Waals surface area (Å²) in [5.41, 5.74) is 2.09. The highest BCUT2D eigenvalue weighted by Gasteiger charge is 2.31. The summed E-state index contributed by atoms with van der Waals surface area (Å²) in [5, 5.41) is 8.02. The van der Waals surface area contributed by atoms with Gasteiger partial charge in [-0.25, -0.2) is 0 Å². The molecule has 0 saturated heterocycles. The number of aromatic nitrogens is 3. The van der Waals surface area contributed by atoms with Gasteiger partial charge >= 0.3 is 6.18 Å². The lowest BCUT2D eigenvalue weighted by Gasteiger charge is -2.15. The quantitative estimate of drug-likeness (QED) is 0.289. The van der Waals surface area contributed by atoms with Gasteiger partial charge in [0.1, 0.15) is 17.0 Å². The average Bonchev–Trinajstić information content (AvgIpc) is 3.42. The number of unbranched alkanes of at least 4 members (excludes halogenated alkanes) is 1. The molecule has 4 rings (SSSR count). The minimum Gasteiger partial charge on any atom is -0.573 e. The summed E-state index contributed by atoms with van der Waals surface area (Å²) >= 11 is 0. The zero-order chi connectivity index (χ0) is 22.7. The molecule has 0 fully saturated rings. The number of alkyl halides is 3. The maximum Gasteiger partial charge on any atom is 0.431 e. The molecule has 168 valence electrons. The Morgan fingerprint density at radius 3 is 2.62 bits per heavy atom. The third kappa shape index (κ3) is 4.56. The van der Waals surface area contributed by atoms with E-state index in [2.05, 4.69) is 35.1 Å². The first kappa shape index (κ1) is 22.1. The highest BCUT2D eigenvalue weighted by molar-refractivity contribution is 5.88. The van der Waals surface area contributed by atoms with Crippen LogP contribution in [0.2, 0.25) is 0 Å². The summed E-state index contributed by atoms with van der Waals surface area (Å²) in [4.78, 5) is 4.22. The van der Waals surface area contributed by atoms with E-state index in [0.29, 0.717) is 11.6 Å². The SMILES string of the molecule is CCCCC(CC)Cc1c(-c2ccnc(-c3cc(C(F)(F)F)n[n-]3)c2)oc2ccccc12. The molecule has 0 amide bonds. The Morgan fingerprint density at radius 1 is 1.09 bits per heavy atom. The van der Waals surface area contributed by atoms with E-state index >= 15 is 0 Å². The summed E-state index contributed by atoms with van der Waals surface area (Å²) in [6, 6.07) is 12.4. The van der Waals surface area contributed by atoms with Crippen LogP contribution in [0.1, 0.15) is 50.8 Å². The van der Waals surface area contributed by atoms with Crippen molar-refractivity contribution in [1.29, 1.82) is 0 Å². The van der Waals surface area contributed by atoms with Gasteiger partial charge in [-0.15, -0.1) is 0 Å². The average molecular weight is 440 g/mol. The molecule has 32 heavy (non-hydrogen) atoms. The van der Waals surface area contributed by atoms with Crippen molar-refractivity contribution in [3.63, 3.8) is 0 Å². The van der Waals surface area contributed by atoms with E-state index in [0.717, 1.165) is 59.6 Å². The Hall–Kier alpha value is -3.09. The Morgan fingerprint density at radius 2 is 1.91 bits per heavy atom. The van der Waals surface area contributed by atoms with Crippen molar-refractivity contribution < 1.29 is 17.6 Å². The van der Waals surface area contributed by atoms with Gasteiger partial charge in [0.2, 0.25) is 0 Å². The summed E-state index contributed by atoms with van der Waals surface area (Å²) in [5.74, 6) is 1.27. The van der Waals surface area contributed by atoms with Crippen LogP contribution in [-0.2, 0) is 12.6 Å². The fraction of sp³-hybridized carbons (Fsp3) is 0.360. The van der Waals surface area contributed by atoms with Gasteiger partial charge in [0.25, 0.3) is 0 Å². The van der Waals surface area contributed by atoms with E-state index in [-0.39, 0.29) is 5.69 Å². The van der Waals surface area contributed by atoms with Gasteiger partial charge in [-0.1, -0.05) is 63.4 Å². The number of fused-ring (bicyclic) bond motifs is 1. The number of hydrogen-bond donors (Lipinski definition) is 0. The van der Waals surface area contributed by atoms with Crippen molar-refractivity contribution in [2.24, 2.45) is 5.92 Å². The van der Waals surface area contributed by atoms with E-state index in [1.54, 1.807) is 12.3 Å². The number of rotatable bonds is 8. The van der Waals surface area contributed by atoms with Gasteiger partial charge in [0, 0.05) is 22.7 Å². The topological polar surface area (TPSA) is 53.0 Å². The molecule has 0 N–H and O–H groups in total. The molecule has 3 heterocycles. The number of halogens is 3.